The van der Waals surface area contributed by atoms with Crippen molar-refractivity contribution in [2.24, 2.45) is 5.73 Å². The third-order valence-corrected chi connectivity index (χ3v) is 4.04. The summed E-state index contributed by atoms with van der Waals surface area (Å²) in [5.74, 6) is 0.225. The summed E-state index contributed by atoms with van der Waals surface area (Å²) in [5.41, 5.74) is 4.33. The zero-order chi connectivity index (χ0) is 18.3. The number of carbonyl (C=O) groups is 1. The van der Waals surface area contributed by atoms with E-state index in [-0.39, 0.29) is 11.9 Å². The summed E-state index contributed by atoms with van der Waals surface area (Å²) >= 11 is 0. The van der Waals surface area contributed by atoms with Crippen molar-refractivity contribution in [2.45, 2.75) is 38.0 Å². The Balaban J connectivity index is 1.66. The maximum Gasteiger partial charge on any atom is 0.416 e. The van der Waals surface area contributed by atoms with E-state index in [1.807, 2.05) is 0 Å². The van der Waals surface area contributed by atoms with E-state index in [4.69, 9.17) is 15.2 Å². The van der Waals surface area contributed by atoms with E-state index in [0.717, 1.165) is 50.9 Å². The number of piperidine rings is 1. The van der Waals surface area contributed by atoms with E-state index < -0.39 is 17.8 Å². The molecule has 1 atom stereocenters. The van der Waals surface area contributed by atoms with Crippen molar-refractivity contribution < 1.29 is 27.4 Å². The van der Waals surface area contributed by atoms with Gasteiger partial charge in [-0.25, -0.2) is 4.79 Å². The van der Waals surface area contributed by atoms with Crippen LogP contribution < -0.4 is 10.5 Å². The Hall–Kier alpha value is -1.96. The Morgan fingerprint density at radius 3 is 2.84 bits per heavy atom. The lowest BCUT2D eigenvalue weighted by atomic mass is 10.1. The van der Waals surface area contributed by atoms with Gasteiger partial charge in [-0.15, -0.1) is 0 Å². The SMILES string of the molecule is NC(=O)OC1CCCN(CCCCOc2cccc(C(F)(F)F)c2)C1. The first kappa shape index (κ1) is 19.4. The molecule has 2 rings (SSSR count). The second-order valence-corrected chi connectivity index (χ2v) is 6.08. The smallest absolute Gasteiger partial charge is 0.416 e. The van der Waals surface area contributed by atoms with E-state index in [9.17, 15) is 18.0 Å². The number of rotatable bonds is 7. The van der Waals surface area contributed by atoms with Gasteiger partial charge in [-0.05, 0) is 57.0 Å². The molecule has 0 radical (unpaired) electrons. The van der Waals surface area contributed by atoms with Crippen LogP contribution in [-0.4, -0.2) is 43.3 Å². The van der Waals surface area contributed by atoms with Crippen LogP contribution in [0.1, 0.15) is 31.2 Å². The third kappa shape index (κ3) is 6.81. The quantitative estimate of drug-likeness (QED) is 0.757. The van der Waals surface area contributed by atoms with E-state index >= 15 is 0 Å². The molecule has 0 saturated carbocycles. The number of nitrogens with two attached hydrogens (primary N) is 1. The van der Waals surface area contributed by atoms with Gasteiger partial charge in [0.25, 0.3) is 0 Å². The standard InChI is InChI=1S/C17H23F3N2O3/c18-17(19,20)13-5-3-6-14(11-13)24-10-2-1-8-22-9-4-7-15(12-22)25-16(21)23/h3,5-6,11,15H,1-2,4,7-10,12H2,(H2,21,23). The van der Waals surface area contributed by atoms with Gasteiger partial charge in [0.15, 0.2) is 0 Å². The summed E-state index contributed by atoms with van der Waals surface area (Å²) in [6.45, 7) is 2.78. The number of ether oxygens (including phenoxy) is 2. The lowest BCUT2D eigenvalue weighted by molar-refractivity contribution is -0.137. The zero-order valence-corrected chi connectivity index (χ0v) is 13.9. The van der Waals surface area contributed by atoms with Gasteiger partial charge in [0.1, 0.15) is 11.9 Å². The van der Waals surface area contributed by atoms with Crippen LogP contribution in [0, 0.1) is 0 Å². The fraction of sp³-hybridized carbons (Fsp3) is 0.588. The molecule has 0 spiro atoms. The van der Waals surface area contributed by atoms with Crippen molar-refractivity contribution in [3.05, 3.63) is 29.8 Å². The van der Waals surface area contributed by atoms with Gasteiger partial charge in [0, 0.05) is 6.54 Å². The molecule has 1 heterocycles. The van der Waals surface area contributed by atoms with Gasteiger partial charge in [0.05, 0.1) is 12.2 Å². The minimum absolute atomic E-state index is 0.160. The highest BCUT2D eigenvalue weighted by molar-refractivity contribution is 5.64. The van der Waals surface area contributed by atoms with Gasteiger partial charge in [0.2, 0.25) is 0 Å². The number of hydrogen-bond donors (Lipinski definition) is 1. The Morgan fingerprint density at radius 1 is 1.32 bits per heavy atom. The number of hydrogen-bond acceptors (Lipinski definition) is 4. The van der Waals surface area contributed by atoms with Gasteiger partial charge < -0.3 is 15.2 Å². The van der Waals surface area contributed by atoms with Gasteiger partial charge in [-0.3, -0.25) is 4.90 Å². The zero-order valence-electron chi connectivity index (χ0n) is 13.9. The maximum atomic E-state index is 12.6. The Bertz CT molecular complexity index is 566. The average molecular weight is 360 g/mol. The Labute approximate surface area is 144 Å². The van der Waals surface area contributed by atoms with Crippen LogP contribution in [0.3, 0.4) is 0 Å². The molecule has 1 aliphatic heterocycles. The lowest BCUT2D eigenvalue weighted by Gasteiger charge is -2.31. The van der Waals surface area contributed by atoms with Crippen LogP contribution in [0.4, 0.5) is 18.0 Å². The van der Waals surface area contributed by atoms with Crippen LogP contribution in [0.15, 0.2) is 24.3 Å². The van der Waals surface area contributed by atoms with Gasteiger partial charge in [-0.1, -0.05) is 6.07 Å². The fourth-order valence-electron chi connectivity index (χ4n) is 2.87. The summed E-state index contributed by atoms with van der Waals surface area (Å²) in [5, 5.41) is 0. The number of carbonyl (C=O) groups excluding carboxylic acids is 1. The molecule has 2 N–H and O–H groups in total. The number of alkyl halides is 3. The van der Waals surface area contributed by atoms with Crippen LogP contribution >= 0.6 is 0 Å². The van der Waals surface area contributed by atoms with Crippen molar-refractivity contribution in [3.63, 3.8) is 0 Å². The highest BCUT2D eigenvalue weighted by Crippen LogP contribution is 2.31. The highest BCUT2D eigenvalue weighted by Gasteiger charge is 2.30. The molecule has 8 heteroatoms. The molecule has 1 aliphatic rings. The molecule has 1 amide bonds. The fourth-order valence-corrected chi connectivity index (χ4v) is 2.87. The molecule has 1 unspecified atom stereocenters. The predicted octanol–water partition coefficient (Wildman–Crippen LogP) is 3.42. The maximum absolute atomic E-state index is 12.6. The van der Waals surface area contributed by atoms with E-state index in [1.165, 1.54) is 12.1 Å². The summed E-state index contributed by atoms with van der Waals surface area (Å²) < 4.78 is 48.3. The molecule has 1 fully saturated rings. The Kier molecular flexibility index (Phi) is 6.92. The number of unbranched alkanes of at least 4 members (excludes halogenated alkanes) is 1. The molecule has 140 valence electrons. The first-order chi connectivity index (χ1) is 11.8. The average Bonchev–Trinajstić information content (AvgIpc) is 2.54. The predicted molar refractivity (Wildman–Crippen MR) is 86.3 cm³/mol. The number of amides is 1. The first-order valence-electron chi connectivity index (χ1n) is 8.33. The molecule has 0 bridgehead atoms. The minimum atomic E-state index is -4.36. The van der Waals surface area contributed by atoms with E-state index in [0.29, 0.717) is 13.2 Å². The van der Waals surface area contributed by atoms with Crippen molar-refractivity contribution in [1.82, 2.24) is 4.90 Å². The molecule has 5 nitrogen and oxygen atoms in total. The molecule has 0 aromatic heterocycles. The van der Waals surface area contributed by atoms with Crippen LogP contribution in [0.5, 0.6) is 5.75 Å². The number of likely N-dealkylation sites (tertiary alicyclic amines) is 1. The summed E-state index contributed by atoms with van der Waals surface area (Å²) in [6.07, 6.45) is -1.93. The monoisotopic (exact) mass is 360 g/mol. The molecule has 25 heavy (non-hydrogen) atoms. The number of primary amides is 1. The summed E-state index contributed by atoms with van der Waals surface area (Å²) in [7, 11) is 0. The van der Waals surface area contributed by atoms with E-state index in [2.05, 4.69) is 4.90 Å². The topological polar surface area (TPSA) is 64.8 Å². The molecule has 1 aromatic carbocycles. The minimum Gasteiger partial charge on any atom is -0.494 e. The van der Waals surface area contributed by atoms with Crippen molar-refractivity contribution in [1.29, 1.82) is 0 Å². The number of nitrogens with zero attached hydrogens (tertiary/aromatic N) is 1. The summed E-state index contributed by atoms with van der Waals surface area (Å²) in [4.78, 5) is 13.0. The molecule has 1 saturated heterocycles. The normalized spacial score (nSPS) is 18.8. The molecule has 1 aromatic rings. The van der Waals surface area contributed by atoms with Crippen LogP contribution in [0.25, 0.3) is 0 Å². The van der Waals surface area contributed by atoms with Crippen molar-refractivity contribution in [2.75, 3.05) is 26.2 Å². The molecule has 0 aliphatic carbocycles. The number of benzene rings is 1. The summed E-state index contributed by atoms with van der Waals surface area (Å²) in [6, 6.07) is 4.89. The Morgan fingerprint density at radius 2 is 2.12 bits per heavy atom. The lowest BCUT2D eigenvalue weighted by Crippen LogP contribution is -2.41. The first-order valence-corrected chi connectivity index (χ1v) is 8.33. The van der Waals surface area contributed by atoms with Crippen molar-refractivity contribution >= 4 is 6.09 Å². The molecular weight excluding hydrogens is 337 g/mol. The largest absolute Gasteiger partial charge is 0.494 e. The van der Waals surface area contributed by atoms with Crippen LogP contribution in [-0.2, 0) is 10.9 Å². The number of halogens is 3. The van der Waals surface area contributed by atoms with Crippen molar-refractivity contribution in [3.8, 4) is 5.75 Å². The molecular formula is C17H23F3N2O3. The second kappa shape index (κ2) is 8.94. The van der Waals surface area contributed by atoms with Crippen LogP contribution in [0.2, 0.25) is 0 Å². The highest BCUT2D eigenvalue weighted by atomic mass is 19.4. The second-order valence-electron chi connectivity index (χ2n) is 6.08. The van der Waals surface area contributed by atoms with E-state index in [1.54, 1.807) is 0 Å². The van der Waals surface area contributed by atoms with Gasteiger partial charge in [-0.2, -0.15) is 13.2 Å². The third-order valence-electron chi connectivity index (χ3n) is 4.04. The van der Waals surface area contributed by atoms with Gasteiger partial charge >= 0.3 is 12.3 Å².